The Morgan fingerprint density at radius 3 is 2.68 bits per heavy atom. The van der Waals surface area contributed by atoms with Gasteiger partial charge in [0.2, 0.25) is 11.8 Å². The van der Waals surface area contributed by atoms with Gasteiger partial charge in [0.25, 0.3) is 0 Å². The Labute approximate surface area is 216 Å². The van der Waals surface area contributed by atoms with Gasteiger partial charge in [-0.15, -0.1) is 0 Å². The van der Waals surface area contributed by atoms with E-state index in [1.165, 1.54) is 6.08 Å². The fourth-order valence-corrected chi connectivity index (χ4v) is 4.53. The Balaban J connectivity index is 1.26. The van der Waals surface area contributed by atoms with Crippen molar-refractivity contribution in [2.45, 2.75) is 25.7 Å². The van der Waals surface area contributed by atoms with E-state index in [0.29, 0.717) is 12.2 Å². The summed E-state index contributed by atoms with van der Waals surface area (Å²) in [4.78, 5) is 29.7. The van der Waals surface area contributed by atoms with E-state index in [1.54, 1.807) is 6.92 Å². The quantitative estimate of drug-likeness (QED) is 0.413. The second kappa shape index (κ2) is 10.6. The van der Waals surface area contributed by atoms with E-state index in [-0.39, 0.29) is 24.2 Å². The molecule has 8 heteroatoms. The summed E-state index contributed by atoms with van der Waals surface area (Å²) in [5, 5.41) is 9.71. The van der Waals surface area contributed by atoms with Gasteiger partial charge in [0.1, 0.15) is 11.9 Å². The van der Waals surface area contributed by atoms with Crippen LogP contribution in [0.2, 0.25) is 0 Å². The van der Waals surface area contributed by atoms with Crippen LogP contribution in [-0.2, 0) is 9.59 Å². The van der Waals surface area contributed by atoms with Crippen molar-refractivity contribution in [3.8, 4) is 16.9 Å². The molecule has 0 aliphatic carbocycles. The fraction of sp³-hybridized carbons (Fsp3) is 0.207. The van der Waals surface area contributed by atoms with E-state index in [1.807, 2.05) is 77.8 Å². The zero-order valence-electron chi connectivity index (χ0n) is 20.6. The summed E-state index contributed by atoms with van der Waals surface area (Å²) in [6.07, 6.45) is 3.61. The number of para-hydroxylation sites is 1. The second-order valence-corrected chi connectivity index (χ2v) is 9.03. The van der Waals surface area contributed by atoms with Crippen LogP contribution in [0.5, 0.6) is 5.75 Å². The highest BCUT2D eigenvalue weighted by Crippen LogP contribution is 2.34. The van der Waals surface area contributed by atoms with Crippen molar-refractivity contribution in [2.75, 3.05) is 29.0 Å². The van der Waals surface area contributed by atoms with Crippen LogP contribution < -0.4 is 20.7 Å². The number of ether oxygens (including phenoxy) is 1. The van der Waals surface area contributed by atoms with E-state index in [0.717, 1.165) is 46.8 Å². The number of hydrogen-bond donors (Lipinski definition) is 3. The van der Waals surface area contributed by atoms with Gasteiger partial charge in [-0.05, 0) is 48.0 Å². The van der Waals surface area contributed by atoms with Gasteiger partial charge in [-0.2, -0.15) is 0 Å². The number of carbonyl (C=O) groups is 2. The SMILES string of the molecule is C=CC(=O)Nc1cccc(-c2cccc3c2NC(Nc2ccc(OC4CCN(C(C)=O)C4)cc2)N=C3)c1. The molecule has 1 saturated heterocycles. The van der Waals surface area contributed by atoms with Crippen LogP contribution >= 0.6 is 0 Å². The highest BCUT2D eigenvalue weighted by atomic mass is 16.5. The van der Waals surface area contributed by atoms with Crippen molar-refractivity contribution in [1.82, 2.24) is 4.90 Å². The third kappa shape index (κ3) is 5.64. The van der Waals surface area contributed by atoms with E-state index in [2.05, 4.69) is 27.5 Å². The number of aliphatic imine (C=N–C) groups is 1. The summed E-state index contributed by atoms with van der Waals surface area (Å²) in [6, 6.07) is 21.5. The minimum atomic E-state index is -0.358. The number of hydrogen-bond acceptors (Lipinski definition) is 6. The molecule has 0 aromatic heterocycles. The molecule has 0 saturated carbocycles. The fourth-order valence-electron chi connectivity index (χ4n) is 4.53. The molecule has 3 aromatic rings. The van der Waals surface area contributed by atoms with Gasteiger partial charge >= 0.3 is 0 Å². The van der Waals surface area contributed by atoms with Gasteiger partial charge in [-0.3, -0.25) is 9.59 Å². The number of amides is 2. The predicted molar refractivity (Wildman–Crippen MR) is 147 cm³/mol. The highest BCUT2D eigenvalue weighted by molar-refractivity contribution is 6.00. The van der Waals surface area contributed by atoms with Crippen LogP contribution in [-0.4, -0.2) is 48.4 Å². The lowest BCUT2D eigenvalue weighted by molar-refractivity contribution is -0.128. The molecule has 188 valence electrons. The average Bonchev–Trinajstić information content (AvgIpc) is 3.38. The first-order chi connectivity index (χ1) is 18.0. The van der Waals surface area contributed by atoms with E-state index >= 15 is 0 Å². The van der Waals surface area contributed by atoms with Gasteiger partial charge in [0.05, 0.1) is 12.2 Å². The maximum absolute atomic E-state index is 11.7. The molecule has 0 bridgehead atoms. The van der Waals surface area contributed by atoms with Crippen LogP contribution in [0, 0.1) is 0 Å². The van der Waals surface area contributed by atoms with Crippen molar-refractivity contribution in [2.24, 2.45) is 4.99 Å². The number of likely N-dealkylation sites (tertiary alicyclic amines) is 1. The Hall–Kier alpha value is -4.59. The number of rotatable bonds is 7. The highest BCUT2D eigenvalue weighted by Gasteiger charge is 2.25. The largest absolute Gasteiger partial charge is 0.489 e. The minimum Gasteiger partial charge on any atom is -0.489 e. The van der Waals surface area contributed by atoms with Gasteiger partial charge in [0.15, 0.2) is 6.29 Å². The van der Waals surface area contributed by atoms with Crippen molar-refractivity contribution in [1.29, 1.82) is 0 Å². The Kier molecular flexibility index (Phi) is 6.89. The van der Waals surface area contributed by atoms with Crippen LogP contribution in [0.1, 0.15) is 18.9 Å². The summed E-state index contributed by atoms with van der Waals surface area (Å²) in [7, 11) is 0. The summed E-state index contributed by atoms with van der Waals surface area (Å²) in [5.74, 6) is 0.611. The normalized spacial score (nSPS) is 17.9. The average molecular weight is 496 g/mol. The number of nitrogens with zero attached hydrogens (tertiary/aromatic N) is 2. The number of anilines is 3. The van der Waals surface area contributed by atoms with E-state index in [9.17, 15) is 9.59 Å². The molecule has 5 rings (SSSR count). The molecule has 8 nitrogen and oxygen atoms in total. The maximum atomic E-state index is 11.7. The predicted octanol–water partition coefficient (Wildman–Crippen LogP) is 4.72. The molecular formula is C29H29N5O3. The Bertz CT molecular complexity index is 1350. The molecule has 2 aliphatic rings. The van der Waals surface area contributed by atoms with Gasteiger partial charge in [-0.25, -0.2) is 4.99 Å². The third-order valence-electron chi connectivity index (χ3n) is 6.42. The van der Waals surface area contributed by atoms with Gasteiger partial charge < -0.3 is 25.6 Å². The number of carbonyl (C=O) groups excluding carboxylic acids is 2. The second-order valence-electron chi connectivity index (χ2n) is 9.03. The molecule has 2 unspecified atom stereocenters. The first kappa shape index (κ1) is 24.1. The van der Waals surface area contributed by atoms with Crippen molar-refractivity contribution in [3.63, 3.8) is 0 Å². The van der Waals surface area contributed by atoms with E-state index < -0.39 is 0 Å². The monoisotopic (exact) mass is 495 g/mol. The molecule has 2 amide bonds. The molecule has 3 N–H and O–H groups in total. The molecule has 2 aliphatic heterocycles. The molecule has 1 fully saturated rings. The van der Waals surface area contributed by atoms with Gasteiger partial charge in [-0.1, -0.05) is 36.9 Å². The molecule has 0 spiro atoms. The van der Waals surface area contributed by atoms with Crippen LogP contribution in [0.25, 0.3) is 11.1 Å². The van der Waals surface area contributed by atoms with Crippen LogP contribution in [0.3, 0.4) is 0 Å². The lowest BCUT2D eigenvalue weighted by Crippen LogP contribution is -2.30. The summed E-state index contributed by atoms with van der Waals surface area (Å²) < 4.78 is 6.05. The van der Waals surface area contributed by atoms with Crippen LogP contribution in [0.4, 0.5) is 17.1 Å². The molecule has 0 radical (unpaired) electrons. The van der Waals surface area contributed by atoms with Crippen molar-refractivity contribution in [3.05, 3.63) is 84.9 Å². The third-order valence-corrected chi connectivity index (χ3v) is 6.42. The van der Waals surface area contributed by atoms with Crippen molar-refractivity contribution < 1.29 is 14.3 Å². The minimum absolute atomic E-state index is 0.0193. The molecule has 3 aromatic carbocycles. The topological polar surface area (TPSA) is 95.1 Å². The summed E-state index contributed by atoms with van der Waals surface area (Å²) >= 11 is 0. The molecule has 2 atom stereocenters. The lowest BCUT2D eigenvalue weighted by atomic mass is 9.99. The number of fused-ring (bicyclic) bond motifs is 1. The standard InChI is InChI=1S/C29H29N5O3/c1-3-27(36)31-23-8-4-6-20(16-23)26-9-5-7-21-17-30-29(33-28(21)26)32-22-10-12-24(13-11-22)37-25-14-15-34(18-25)19(2)35/h3-13,16-17,25,29,32-33H,1,14-15,18H2,2H3,(H,31,36). The zero-order chi connectivity index (χ0) is 25.8. The molecular weight excluding hydrogens is 466 g/mol. The molecule has 2 heterocycles. The van der Waals surface area contributed by atoms with E-state index in [4.69, 9.17) is 4.74 Å². The first-order valence-corrected chi connectivity index (χ1v) is 12.2. The Morgan fingerprint density at radius 2 is 1.92 bits per heavy atom. The Morgan fingerprint density at radius 1 is 1.11 bits per heavy atom. The number of benzene rings is 3. The van der Waals surface area contributed by atoms with Gasteiger partial charge in [0, 0.05) is 48.6 Å². The first-order valence-electron chi connectivity index (χ1n) is 12.2. The van der Waals surface area contributed by atoms with Crippen LogP contribution in [0.15, 0.2) is 84.4 Å². The summed E-state index contributed by atoms with van der Waals surface area (Å²) in [6.45, 7) is 6.46. The lowest BCUT2D eigenvalue weighted by Gasteiger charge is -2.26. The summed E-state index contributed by atoms with van der Waals surface area (Å²) in [5.41, 5.74) is 5.51. The van der Waals surface area contributed by atoms with Crippen molar-refractivity contribution >= 4 is 35.1 Å². The maximum Gasteiger partial charge on any atom is 0.247 e. The number of nitrogens with one attached hydrogen (secondary N) is 3. The molecule has 37 heavy (non-hydrogen) atoms. The smallest absolute Gasteiger partial charge is 0.247 e. The zero-order valence-corrected chi connectivity index (χ0v) is 20.6.